The van der Waals surface area contributed by atoms with Gasteiger partial charge in [0, 0.05) is 26.2 Å². The molecule has 2 rings (SSSR count). The van der Waals surface area contributed by atoms with Gasteiger partial charge in [-0.2, -0.15) is 0 Å². The lowest BCUT2D eigenvalue weighted by Crippen LogP contribution is -2.29. The molecule has 2 atom stereocenters. The molecule has 2 aliphatic rings. The second-order valence-electron chi connectivity index (χ2n) is 11.6. The number of nitrogens with one attached hydrogen (secondary N) is 1. The molecule has 1 N–H and O–H groups in total. The van der Waals surface area contributed by atoms with Crippen LogP contribution in [-0.4, -0.2) is 51.5 Å². The van der Waals surface area contributed by atoms with E-state index in [1.54, 1.807) is 0 Å². The van der Waals surface area contributed by atoms with Crippen molar-refractivity contribution in [2.24, 2.45) is 10.8 Å². The Balaban J connectivity index is 1.43. The summed E-state index contributed by atoms with van der Waals surface area (Å²) in [5.74, 6) is 0.178. The number of hydrogen-bond donors (Lipinski definition) is 1. The first-order valence-electron chi connectivity index (χ1n) is 13.5. The van der Waals surface area contributed by atoms with Crippen molar-refractivity contribution in [3.63, 3.8) is 0 Å². The molecule has 33 heavy (non-hydrogen) atoms. The molecule has 0 aliphatic carbocycles. The summed E-state index contributed by atoms with van der Waals surface area (Å²) < 4.78 is 23.2. The lowest BCUT2D eigenvalue weighted by molar-refractivity contribution is -0.176. The van der Waals surface area contributed by atoms with Crippen molar-refractivity contribution in [3.8, 4) is 0 Å². The normalized spacial score (nSPS) is 22.3. The van der Waals surface area contributed by atoms with Crippen LogP contribution in [0.15, 0.2) is 0 Å². The maximum atomic E-state index is 12.2. The molecule has 0 aromatic heterocycles. The second-order valence-corrected chi connectivity index (χ2v) is 11.6. The van der Waals surface area contributed by atoms with Gasteiger partial charge in [-0.1, -0.05) is 40.5 Å². The molecule has 194 valence electrons. The van der Waals surface area contributed by atoms with Crippen LogP contribution in [0.2, 0.25) is 0 Å². The molecule has 6 heteroatoms. The van der Waals surface area contributed by atoms with Crippen LogP contribution in [0, 0.1) is 10.8 Å². The maximum absolute atomic E-state index is 12.2. The van der Waals surface area contributed by atoms with Gasteiger partial charge in [0.2, 0.25) is 5.91 Å². The molecule has 0 spiro atoms. The van der Waals surface area contributed by atoms with Crippen molar-refractivity contribution >= 4 is 5.91 Å². The van der Waals surface area contributed by atoms with E-state index in [9.17, 15) is 4.79 Å². The number of unbranched alkanes of at least 4 members (excludes halogenated alkanes) is 2. The van der Waals surface area contributed by atoms with Crippen molar-refractivity contribution in [2.45, 2.75) is 124 Å². The van der Waals surface area contributed by atoms with Gasteiger partial charge in [-0.15, -0.1) is 0 Å². The fraction of sp³-hybridized carbons (Fsp3) is 0.963. The molecule has 0 aromatic rings. The van der Waals surface area contributed by atoms with Gasteiger partial charge in [0.05, 0.1) is 13.2 Å². The van der Waals surface area contributed by atoms with Crippen molar-refractivity contribution in [1.29, 1.82) is 0 Å². The molecule has 0 saturated carbocycles. The van der Waals surface area contributed by atoms with E-state index in [4.69, 9.17) is 18.9 Å². The Bertz CT molecular complexity index is 525. The zero-order chi connectivity index (χ0) is 24.0. The molecule has 0 radical (unpaired) electrons. The average Bonchev–Trinajstić information content (AvgIpc) is 2.80. The van der Waals surface area contributed by atoms with E-state index in [-0.39, 0.29) is 29.3 Å². The van der Waals surface area contributed by atoms with Crippen molar-refractivity contribution in [3.05, 3.63) is 0 Å². The zero-order valence-electron chi connectivity index (χ0n) is 21.9. The van der Waals surface area contributed by atoms with Crippen LogP contribution >= 0.6 is 0 Å². The van der Waals surface area contributed by atoms with Crippen LogP contribution in [0.5, 0.6) is 0 Å². The molecular formula is C27H51NO5. The van der Waals surface area contributed by atoms with Gasteiger partial charge in [-0.25, -0.2) is 0 Å². The highest BCUT2D eigenvalue weighted by Gasteiger charge is 2.23. The highest BCUT2D eigenvalue weighted by atomic mass is 16.7. The third-order valence-corrected chi connectivity index (χ3v) is 6.71. The summed E-state index contributed by atoms with van der Waals surface area (Å²) in [6, 6.07) is 0. The standard InChI is InChI=1S/C27H51NO5/c1-26(2,21-32-24-14-6-11-19-30-24)16-8-5-13-23(29)28-18-10-9-17-27(3,4)22-33-25-15-7-12-20-31-25/h24-25H,5-22H2,1-4H3,(H,28,29). The van der Waals surface area contributed by atoms with Crippen LogP contribution in [-0.2, 0) is 23.7 Å². The molecule has 0 bridgehead atoms. The highest BCUT2D eigenvalue weighted by Crippen LogP contribution is 2.27. The first-order chi connectivity index (χ1) is 15.8. The van der Waals surface area contributed by atoms with Crippen LogP contribution in [0.1, 0.15) is 111 Å². The Morgan fingerprint density at radius 1 is 0.788 bits per heavy atom. The number of carbonyl (C=O) groups is 1. The van der Waals surface area contributed by atoms with E-state index >= 15 is 0 Å². The van der Waals surface area contributed by atoms with Gasteiger partial charge in [0.25, 0.3) is 0 Å². The molecule has 6 nitrogen and oxygen atoms in total. The molecule has 2 heterocycles. The summed E-state index contributed by atoms with van der Waals surface area (Å²) in [4.78, 5) is 12.2. The highest BCUT2D eigenvalue weighted by molar-refractivity contribution is 5.75. The lowest BCUT2D eigenvalue weighted by atomic mass is 9.88. The quantitative estimate of drug-likeness (QED) is 0.282. The minimum atomic E-state index is -0.0205. The number of rotatable bonds is 16. The molecule has 2 saturated heterocycles. The summed E-state index contributed by atoms with van der Waals surface area (Å²) in [6.07, 6.45) is 13.6. The SMILES string of the molecule is CC(C)(CCCCNC(=O)CCCCC(C)(C)COC1CCCCO1)COC1CCCCO1. The fourth-order valence-corrected chi connectivity index (χ4v) is 4.40. The number of hydrogen-bond acceptors (Lipinski definition) is 5. The molecule has 0 aromatic carbocycles. The van der Waals surface area contributed by atoms with Crippen LogP contribution in [0.3, 0.4) is 0 Å². The number of amides is 1. The number of ether oxygens (including phenoxy) is 4. The monoisotopic (exact) mass is 469 g/mol. The minimum absolute atomic E-state index is 0.0127. The van der Waals surface area contributed by atoms with E-state index in [1.165, 1.54) is 12.8 Å². The van der Waals surface area contributed by atoms with E-state index in [2.05, 4.69) is 33.0 Å². The van der Waals surface area contributed by atoms with E-state index in [1.807, 2.05) is 0 Å². The van der Waals surface area contributed by atoms with Gasteiger partial charge in [-0.05, 0) is 75.0 Å². The molecule has 2 fully saturated rings. The van der Waals surface area contributed by atoms with Crippen molar-refractivity contribution in [2.75, 3.05) is 33.0 Å². The summed E-state index contributed by atoms with van der Waals surface area (Å²) in [6.45, 7) is 12.9. The van der Waals surface area contributed by atoms with Gasteiger partial charge in [-0.3, -0.25) is 4.79 Å². The van der Waals surface area contributed by atoms with Crippen LogP contribution in [0.4, 0.5) is 0 Å². The van der Waals surface area contributed by atoms with Crippen LogP contribution in [0.25, 0.3) is 0 Å². The predicted molar refractivity (Wildman–Crippen MR) is 132 cm³/mol. The maximum Gasteiger partial charge on any atom is 0.219 e. The first kappa shape index (κ1) is 28.5. The molecule has 1 amide bonds. The summed E-state index contributed by atoms with van der Waals surface area (Å²) in [5.41, 5.74) is 0.265. The third-order valence-electron chi connectivity index (χ3n) is 6.71. The summed E-state index contributed by atoms with van der Waals surface area (Å²) in [5, 5.41) is 3.09. The Kier molecular flexibility index (Phi) is 13.3. The predicted octanol–water partition coefficient (Wildman–Crippen LogP) is 5.97. The molecule has 2 aliphatic heterocycles. The van der Waals surface area contributed by atoms with Gasteiger partial charge >= 0.3 is 0 Å². The number of carbonyl (C=O) groups excluding carboxylic acids is 1. The van der Waals surface area contributed by atoms with Gasteiger partial charge in [0.15, 0.2) is 12.6 Å². The Hall–Kier alpha value is -0.690. The average molecular weight is 470 g/mol. The van der Waals surface area contributed by atoms with Gasteiger partial charge in [0.1, 0.15) is 0 Å². The van der Waals surface area contributed by atoms with Crippen molar-refractivity contribution in [1.82, 2.24) is 5.32 Å². The van der Waals surface area contributed by atoms with Crippen LogP contribution < -0.4 is 5.32 Å². The Labute approximate surface area is 202 Å². The largest absolute Gasteiger partial charge is 0.356 e. The van der Waals surface area contributed by atoms with E-state index in [0.29, 0.717) is 6.42 Å². The fourth-order valence-electron chi connectivity index (χ4n) is 4.40. The van der Waals surface area contributed by atoms with E-state index < -0.39 is 0 Å². The van der Waals surface area contributed by atoms with Gasteiger partial charge < -0.3 is 24.3 Å². The Morgan fingerprint density at radius 2 is 1.30 bits per heavy atom. The smallest absolute Gasteiger partial charge is 0.219 e. The summed E-state index contributed by atoms with van der Waals surface area (Å²) >= 11 is 0. The zero-order valence-corrected chi connectivity index (χ0v) is 21.9. The summed E-state index contributed by atoms with van der Waals surface area (Å²) in [7, 11) is 0. The molecular weight excluding hydrogens is 418 g/mol. The molecule has 2 unspecified atom stereocenters. The third kappa shape index (κ3) is 13.7. The second kappa shape index (κ2) is 15.3. The lowest BCUT2D eigenvalue weighted by Gasteiger charge is -2.29. The topological polar surface area (TPSA) is 66.0 Å². The Morgan fingerprint density at radius 3 is 1.79 bits per heavy atom. The minimum Gasteiger partial charge on any atom is -0.356 e. The van der Waals surface area contributed by atoms with E-state index in [0.717, 1.165) is 97.2 Å². The first-order valence-corrected chi connectivity index (χ1v) is 13.5. The van der Waals surface area contributed by atoms with Crippen molar-refractivity contribution < 1.29 is 23.7 Å².